The number of benzene rings is 3. The minimum Gasteiger partial charge on any atom is -0.481 e. The minimum atomic E-state index is -0.870. The van der Waals surface area contributed by atoms with Crippen LogP contribution in [0.1, 0.15) is 23.0 Å². The molecule has 1 heterocycles. The van der Waals surface area contributed by atoms with Crippen molar-refractivity contribution >= 4 is 34.2 Å². The van der Waals surface area contributed by atoms with Gasteiger partial charge in [0.25, 0.3) is 11.8 Å². The van der Waals surface area contributed by atoms with Crippen molar-refractivity contribution < 1.29 is 18.7 Å². The van der Waals surface area contributed by atoms with Crippen LogP contribution in [0.4, 0.5) is 4.39 Å². The van der Waals surface area contributed by atoms with Gasteiger partial charge in [0.05, 0.1) is 11.4 Å². The molecular formula is C24H20ClFN4O3. The number of rotatable bonds is 5. The van der Waals surface area contributed by atoms with Crippen molar-refractivity contribution in [2.45, 2.75) is 20.0 Å². The van der Waals surface area contributed by atoms with E-state index in [-0.39, 0.29) is 10.7 Å². The van der Waals surface area contributed by atoms with Crippen LogP contribution >= 0.6 is 11.6 Å². The molecule has 168 valence electrons. The number of carbonyl (C=O) groups excluding carboxylic acids is 2. The van der Waals surface area contributed by atoms with Crippen LogP contribution < -0.4 is 15.6 Å². The van der Waals surface area contributed by atoms with Crippen molar-refractivity contribution in [3.8, 4) is 11.4 Å². The standard InChI is InChI=1S/C24H20ClFN4O3/c1-14-21(22(25)30(29-14)19-10-8-18(26)9-11-19)24(32)28-27-23(31)15(2)33-20-12-7-16-5-3-4-6-17(16)13-20/h3-13,15H,1-2H3,(H,27,31)(H,28,32). The second kappa shape index (κ2) is 9.30. The van der Waals surface area contributed by atoms with Crippen LogP contribution in [0.15, 0.2) is 66.7 Å². The first-order chi connectivity index (χ1) is 15.8. The summed E-state index contributed by atoms with van der Waals surface area (Å²) >= 11 is 6.34. The van der Waals surface area contributed by atoms with Crippen LogP contribution in [0.25, 0.3) is 16.5 Å². The second-order valence-corrected chi connectivity index (χ2v) is 7.71. The predicted octanol–water partition coefficient (Wildman–Crippen LogP) is 4.35. The number of nitrogens with zero attached hydrogens (tertiary/aromatic N) is 2. The Hall–Kier alpha value is -3.91. The number of amides is 2. The average Bonchev–Trinajstić information content (AvgIpc) is 3.11. The summed E-state index contributed by atoms with van der Waals surface area (Å²) in [5.41, 5.74) is 5.60. The molecule has 4 aromatic rings. The fourth-order valence-electron chi connectivity index (χ4n) is 3.29. The topological polar surface area (TPSA) is 85.3 Å². The van der Waals surface area contributed by atoms with E-state index in [0.717, 1.165) is 10.8 Å². The molecule has 2 N–H and O–H groups in total. The van der Waals surface area contributed by atoms with E-state index < -0.39 is 23.7 Å². The van der Waals surface area contributed by atoms with E-state index in [9.17, 15) is 14.0 Å². The molecule has 9 heteroatoms. The maximum atomic E-state index is 13.2. The summed E-state index contributed by atoms with van der Waals surface area (Å²) in [7, 11) is 0. The van der Waals surface area contributed by atoms with E-state index in [0.29, 0.717) is 17.1 Å². The van der Waals surface area contributed by atoms with Crippen LogP contribution in [0.2, 0.25) is 5.15 Å². The summed E-state index contributed by atoms with van der Waals surface area (Å²) in [6.07, 6.45) is -0.870. The molecule has 0 saturated carbocycles. The molecular weight excluding hydrogens is 447 g/mol. The lowest BCUT2D eigenvalue weighted by Gasteiger charge is -2.15. The third-order valence-electron chi connectivity index (χ3n) is 5.00. The summed E-state index contributed by atoms with van der Waals surface area (Å²) in [4.78, 5) is 25.1. The van der Waals surface area contributed by atoms with Crippen LogP contribution in [0, 0.1) is 12.7 Å². The fourth-order valence-corrected chi connectivity index (χ4v) is 3.65. The molecule has 7 nitrogen and oxygen atoms in total. The quantitative estimate of drug-likeness (QED) is 0.428. The molecule has 0 bridgehead atoms. The Balaban J connectivity index is 1.40. The third kappa shape index (κ3) is 4.80. The normalized spacial score (nSPS) is 11.8. The summed E-state index contributed by atoms with van der Waals surface area (Å²) in [6.45, 7) is 3.18. The number of hydrogen-bond acceptors (Lipinski definition) is 4. The lowest BCUT2D eigenvalue weighted by Crippen LogP contribution is -2.47. The highest BCUT2D eigenvalue weighted by molar-refractivity contribution is 6.33. The number of carbonyl (C=O) groups is 2. The van der Waals surface area contributed by atoms with Gasteiger partial charge in [0.15, 0.2) is 6.10 Å². The smallest absolute Gasteiger partial charge is 0.279 e. The Bertz CT molecular complexity index is 1340. The lowest BCUT2D eigenvalue weighted by atomic mass is 10.1. The number of ether oxygens (including phenoxy) is 1. The number of aromatic nitrogens is 2. The zero-order valence-corrected chi connectivity index (χ0v) is 18.6. The van der Waals surface area contributed by atoms with Gasteiger partial charge in [-0.3, -0.25) is 20.4 Å². The van der Waals surface area contributed by atoms with Gasteiger partial charge in [-0.15, -0.1) is 0 Å². The molecule has 2 amide bonds. The largest absolute Gasteiger partial charge is 0.481 e. The number of fused-ring (bicyclic) bond motifs is 1. The van der Waals surface area contributed by atoms with Crippen molar-refractivity contribution in [3.63, 3.8) is 0 Å². The first-order valence-electron chi connectivity index (χ1n) is 10.1. The molecule has 1 atom stereocenters. The Labute approximate surface area is 194 Å². The first kappa shape index (κ1) is 22.3. The minimum absolute atomic E-state index is 0.0336. The highest BCUT2D eigenvalue weighted by atomic mass is 35.5. The molecule has 3 aromatic carbocycles. The van der Waals surface area contributed by atoms with Gasteiger partial charge in [0, 0.05) is 0 Å². The van der Waals surface area contributed by atoms with Gasteiger partial charge in [0.1, 0.15) is 22.3 Å². The first-order valence-corrected chi connectivity index (χ1v) is 10.5. The molecule has 0 saturated heterocycles. The molecule has 1 aromatic heterocycles. The summed E-state index contributed by atoms with van der Waals surface area (Å²) in [5.74, 6) is -1.06. The maximum absolute atomic E-state index is 13.2. The summed E-state index contributed by atoms with van der Waals surface area (Å²) < 4.78 is 20.2. The lowest BCUT2D eigenvalue weighted by molar-refractivity contribution is -0.128. The van der Waals surface area contributed by atoms with E-state index in [1.54, 1.807) is 19.9 Å². The van der Waals surface area contributed by atoms with Crippen LogP contribution in [-0.4, -0.2) is 27.7 Å². The summed E-state index contributed by atoms with van der Waals surface area (Å²) in [6, 6.07) is 18.8. The van der Waals surface area contributed by atoms with E-state index in [1.807, 2.05) is 36.4 Å². The van der Waals surface area contributed by atoms with Crippen molar-refractivity contribution in [3.05, 3.63) is 89.0 Å². The van der Waals surface area contributed by atoms with Crippen LogP contribution in [0.3, 0.4) is 0 Å². The molecule has 0 spiro atoms. The fraction of sp³-hybridized carbons (Fsp3) is 0.125. The van der Waals surface area contributed by atoms with E-state index in [4.69, 9.17) is 16.3 Å². The number of halogens is 2. The zero-order chi connectivity index (χ0) is 23.5. The van der Waals surface area contributed by atoms with E-state index in [1.165, 1.54) is 28.9 Å². The van der Waals surface area contributed by atoms with Crippen molar-refractivity contribution in [1.29, 1.82) is 0 Å². The van der Waals surface area contributed by atoms with Crippen molar-refractivity contribution in [2.75, 3.05) is 0 Å². The molecule has 0 aliphatic carbocycles. The molecule has 33 heavy (non-hydrogen) atoms. The molecule has 4 rings (SSSR count). The van der Waals surface area contributed by atoms with Gasteiger partial charge in [-0.25, -0.2) is 9.07 Å². The molecule has 0 aliphatic heterocycles. The molecule has 0 radical (unpaired) electrons. The van der Waals surface area contributed by atoms with Gasteiger partial charge < -0.3 is 4.74 Å². The zero-order valence-electron chi connectivity index (χ0n) is 17.8. The molecule has 0 fully saturated rings. The summed E-state index contributed by atoms with van der Waals surface area (Å²) in [5, 5.41) is 6.32. The van der Waals surface area contributed by atoms with Crippen LogP contribution in [-0.2, 0) is 4.79 Å². The highest BCUT2D eigenvalue weighted by Crippen LogP contribution is 2.24. The number of hydrazine groups is 1. The predicted molar refractivity (Wildman–Crippen MR) is 123 cm³/mol. The Morgan fingerprint density at radius 3 is 2.45 bits per heavy atom. The van der Waals surface area contributed by atoms with Gasteiger partial charge in [0.2, 0.25) is 0 Å². The Morgan fingerprint density at radius 2 is 1.73 bits per heavy atom. The van der Waals surface area contributed by atoms with E-state index >= 15 is 0 Å². The van der Waals surface area contributed by atoms with Gasteiger partial charge in [-0.05, 0) is 61.0 Å². The second-order valence-electron chi connectivity index (χ2n) is 7.35. The Morgan fingerprint density at radius 1 is 1.03 bits per heavy atom. The molecule has 1 unspecified atom stereocenters. The van der Waals surface area contributed by atoms with E-state index in [2.05, 4.69) is 16.0 Å². The van der Waals surface area contributed by atoms with Gasteiger partial charge in [-0.2, -0.15) is 5.10 Å². The third-order valence-corrected chi connectivity index (χ3v) is 5.35. The van der Waals surface area contributed by atoms with Gasteiger partial charge in [-0.1, -0.05) is 41.9 Å². The number of hydrogen-bond donors (Lipinski definition) is 2. The maximum Gasteiger partial charge on any atom is 0.279 e. The number of nitrogens with one attached hydrogen (secondary N) is 2. The van der Waals surface area contributed by atoms with Gasteiger partial charge >= 0.3 is 0 Å². The van der Waals surface area contributed by atoms with Crippen molar-refractivity contribution in [2.24, 2.45) is 0 Å². The SMILES string of the molecule is Cc1nn(-c2ccc(F)cc2)c(Cl)c1C(=O)NNC(=O)C(C)Oc1ccc2ccccc2c1. The molecule has 0 aliphatic rings. The average molecular weight is 467 g/mol. The Kier molecular flexibility index (Phi) is 6.28. The van der Waals surface area contributed by atoms with Crippen LogP contribution in [0.5, 0.6) is 5.75 Å². The van der Waals surface area contributed by atoms with Crippen molar-refractivity contribution in [1.82, 2.24) is 20.6 Å². The monoisotopic (exact) mass is 466 g/mol. The number of aryl methyl sites for hydroxylation is 1. The highest BCUT2D eigenvalue weighted by Gasteiger charge is 2.23.